The number of amides is 3. The van der Waals surface area contributed by atoms with Gasteiger partial charge in [-0.1, -0.05) is 30.3 Å². The largest absolute Gasteiger partial charge is 0.444 e. The highest BCUT2D eigenvalue weighted by atomic mass is 32.1. The molecule has 4 aromatic rings. The molecule has 10 nitrogen and oxygen atoms in total. The van der Waals surface area contributed by atoms with Gasteiger partial charge in [0.2, 0.25) is 0 Å². The van der Waals surface area contributed by atoms with E-state index in [0.29, 0.717) is 21.9 Å². The van der Waals surface area contributed by atoms with E-state index in [2.05, 4.69) is 15.3 Å². The number of nitrogens with zero attached hydrogens (tertiary/aromatic N) is 4. The Kier molecular flexibility index (Phi) is 7.70. The van der Waals surface area contributed by atoms with E-state index < -0.39 is 24.3 Å². The first-order valence-electron chi connectivity index (χ1n) is 13.2. The van der Waals surface area contributed by atoms with Crippen LogP contribution in [0.15, 0.2) is 90.7 Å². The Morgan fingerprint density at radius 1 is 1.00 bits per heavy atom. The second-order valence-corrected chi connectivity index (χ2v) is 10.6. The average molecular weight is 570 g/mol. The highest BCUT2D eigenvalue weighted by molar-refractivity contribution is 7.13. The molecule has 2 aliphatic rings. The van der Waals surface area contributed by atoms with Crippen LogP contribution >= 0.6 is 11.3 Å². The van der Waals surface area contributed by atoms with Crippen LogP contribution in [0.4, 0.5) is 15.6 Å². The average Bonchev–Trinajstić information content (AvgIpc) is 3.46. The van der Waals surface area contributed by atoms with Crippen molar-refractivity contribution >= 4 is 40.1 Å². The van der Waals surface area contributed by atoms with Crippen molar-refractivity contribution < 1.29 is 23.9 Å². The Balaban J connectivity index is 1.29. The summed E-state index contributed by atoms with van der Waals surface area (Å²) in [6.07, 6.45) is 5.26. The molecule has 1 aliphatic carbocycles. The third kappa shape index (κ3) is 5.96. The predicted molar refractivity (Wildman–Crippen MR) is 151 cm³/mol. The van der Waals surface area contributed by atoms with Crippen molar-refractivity contribution in [2.24, 2.45) is 0 Å². The minimum absolute atomic E-state index is 0.0424. The molecule has 3 heterocycles. The molecule has 2 unspecified atom stereocenters. The topological polar surface area (TPSA) is 114 Å². The summed E-state index contributed by atoms with van der Waals surface area (Å²) in [5.74, 6) is -0.564. The lowest BCUT2D eigenvalue weighted by molar-refractivity contribution is -0.121. The van der Waals surface area contributed by atoms with Gasteiger partial charge < -0.3 is 14.8 Å². The molecular formula is C30H27N5O5S. The van der Waals surface area contributed by atoms with Crippen molar-refractivity contribution in [1.82, 2.24) is 20.2 Å². The quantitative estimate of drug-likeness (QED) is 0.323. The number of carbonyl (C=O) groups excluding carboxylic acids is 3. The number of hydrogen-bond donors (Lipinski definition) is 1. The molecule has 0 radical (unpaired) electrons. The fourth-order valence-electron chi connectivity index (χ4n) is 4.56. The zero-order valence-electron chi connectivity index (χ0n) is 22.0. The molecule has 208 valence electrons. The van der Waals surface area contributed by atoms with Crippen LogP contribution in [0, 0.1) is 0 Å². The highest BCUT2D eigenvalue weighted by Gasteiger charge is 2.46. The number of anilines is 2. The van der Waals surface area contributed by atoms with Gasteiger partial charge in [0.05, 0.1) is 12.3 Å². The SMILES string of the molecule is O=C(NC1CC1)c1ccc(N(C(=O)C2COC(c3ccncc3)N2C(=O)OCc2ccccc2)c2nccs2)cc1. The van der Waals surface area contributed by atoms with Gasteiger partial charge in [0, 0.05) is 41.1 Å². The standard InChI is InChI=1S/C30H27N5O5S/c36-26(33-23-8-9-23)21-6-10-24(11-7-21)34(29-32-16-17-41-29)27(37)25-19-39-28(22-12-14-31-15-13-22)35(25)30(38)40-18-20-4-2-1-3-5-20/h1-7,10-17,23,25,28H,8-9,18-19H2,(H,33,36). The molecular weight excluding hydrogens is 542 g/mol. The molecule has 1 aliphatic heterocycles. The van der Waals surface area contributed by atoms with Gasteiger partial charge in [-0.25, -0.2) is 9.78 Å². The maximum Gasteiger partial charge on any atom is 0.413 e. The number of hydrogen-bond acceptors (Lipinski definition) is 8. The summed E-state index contributed by atoms with van der Waals surface area (Å²) in [7, 11) is 0. The zero-order valence-corrected chi connectivity index (χ0v) is 22.8. The van der Waals surface area contributed by atoms with Gasteiger partial charge in [0.15, 0.2) is 11.4 Å². The van der Waals surface area contributed by atoms with Crippen LogP contribution in [0.1, 0.15) is 40.6 Å². The lowest BCUT2D eigenvalue weighted by Crippen LogP contribution is -2.48. The Morgan fingerprint density at radius 2 is 1.76 bits per heavy atom. The minimum atomic E-state index is -1.00. The number of ether oxygens (including phenoxy) is 2. The van der Waals surface area contributed by atoms with E-state index in [1.54, 1.807) is 60.4 Å². The number of thiazole rings is 1. The van der Waals surface area contributed by atoms with Crippen molar-refractivity contribution in [2.75, 3.05) is 11.5 Å². The van der Waals surface area contributed by atoms with Crippen LogP contribution < -0.4 is 10.2 Å². The smallest absolute Gasteiger partial charge is 0.413 e. The van der Waals surface area contributed by atoms with Crippen molar-refractivity contribution in [3.63, 3.8) is 0 Å². The van der Waals surface area contributed by atoms with Crippen molar-refractivity contribution in [3.05, 3.63) is 107 Å². The Hall–Kier alpha value is -4.61. The second kappa shape index (κ2) is 11.9. The molecule has 1 saturated heterocycles. The molecule has 0 bridgehead atoms. The molecule has 0 spiro atoms. The van der Waals surface area contributed by atoms with Crippen LogP contribution in [0.5, 0.6) is 0 Å². The number of nitrogens with one attached hydrogen (secondary N) is 1. The van der Waals surface area contributed by atoms with Gasteiger partial charge >= 0.3 is 6.09 Å². The van der Waals surface area contributed by atoms with Crippen LogP contribution in [-0.4, -0.2) is 51.5 Å². The summed E-state index contributed by atoms with van der Waals surface area (Å²) in [5, 5.41) is 5.16. The number of rotatable bonds is 8. The van der Waals surface area contributed by atoms with Gasteiger partial charge in [-0.2, -0.15) is 0 Å². The third-order valence-corrected chi connectivity index (χ3v) is 7.58. The summed E-state index contributed by atoms with van der Waals surface area (Å²) in [6.45, 7) is -0.00323. The summed E-state index contributed by atoms with van der Waals surface area (Å²) >= 11 is 1.29. The van der Waals surface area contributed by atoms with Crippen molar-refractivity contribution in [3.8, 4) is 0 Å². The molecule has 2 fully saturated rings. The van der Waals surface area contributed by atoms with E-state index in [1.807, 2.05) is 30.3 Å². The summed E-state index contributed by atoms with van der Waals surface area (Å²) < 4.78 is 11.7. The monoisotopic (exact) mass is 569 g/mol. The molecule has 2 atom stereocenters. The van der Waals surface area contributed by atoms with Crippen LogP contribution in [0.25, 0.3) is 0 Å². The van der Waals surface area contributed by atoms with Crippen molar-refractivity contribution in [2.45, 2.75) is 37.8 Å². The van der Waals surface area contributed by atoms with Gasteiger partial charge in [0.25, 0.3) is 11.8 Å². The molecule has 1 saturated carbocycles. The van der Waals surface area contributed by atoms with E-state index in [9.17, 15) is 14.4 Å². The lowest BCUT2D eigenvalue weighted by atomic mass is 10.1. The molecule has 6 rings (SSSR count). The lowest BCUT2D eigenvalue weighted by Gasteiger charge is -2.30. The first kappa shape index (κ1) is 26.6. The zero-order chi connectivity index (χ0) is 28.2. The summed E-state index contributed by atoms with van der Waals surface area (Å²) in [5.41, 5.74) is 2.50. The molecule has 1 N–H and O–H groups in total. The molecule has 2 aromatic heterocycles. The number of pyridine rings is 1. The van der Waals surface area contributed by atoms with E-state index in [-0.39, 0.29) is 25.2 Å². The fourth-order valence-corrected chi connectivity index (χ4v) is 5.23. The predicted octanol–water partition coefficient (Wildman–Crippen LogP) is 4.83. The molecule has 11 heteroatoms. The third-order valence-electron chi connectivity index (χ3n) is 6.82. The van der Waals surface area contributed by atoms with Crippen LogP contribution in [0.2, 0.25) is 0 Å². The fraction of sp³-hybridized carbons (Fsp3) is 0.233. The Morgan fingerprint density at radius 3 is 2.44 bits per heavy atom. The minimum Gasteiger partial charge on any atom is -0.444 e. The maximum absolute atomic E-state index is 14.3. The highest BCUT2D eigenvalue weighted by Crippen LogP contribution is 2.36. The first-order chi connectivity index (χ1) is 20.1. The van der Waals surface area contributed by atoms with E-state index in [0.717, 1.165) is 18.4 Å². The second-order valence-electron chi connectivity index (χ2n) is 9.71. The maximum atomic E-state index is 14.3. The summed E-state index contributed by atoms with van der Waals surface area (Å²) in [4.78, 5) is 51.5. The van der Waals surface area contributed by atoms with Crippen LogP contribution in [0.3, 0.4) is 0 Å². The Bertz CT molecular complexity index is 1500. The van der Waals surface area contributed by atoms with Gasteiger partial charge in [-0.15, -0.1) is 11.3 Å². The summed E-state index contributed by atoms with van der Waals surface area (Å²) in [6, 6.07) is 18.8. The van der Waals surface area contributed by atoms with Crippen molar-refractivity contribution in [1.29, 1.82) is 0 Å². The normalized spacial score (nSPS) is 18.1. The van der Waals surface area contributed by atoms with E-state index in [1.165, 1.54) is 21.1 Å². The number of carbonyl (C=O) groups is 3. The number of benzene rings is 2. The van der Waals surface area contributed by atoms with Gasteiger partial charge in [-0.3, -0.25) is 24.4 Å². The Labute approximate surface area is 240 Å². The molecule has 41 heavy (non-hydrogen) atoms. The van der Waals surface area contributed by atoms with E-state index >= 15 is 0 Å². The van der Waals surface area contributed by atoms with Gasteiger partial charge in [0.1, 0.15) is 12.6 Å². The van der Waals surface area contributed by atoms with Crippen LogP contribution in [-0.2, 0) is 20.9 Å². The first-order valence-corrected chi connectivity index (χ1v) is 14.1. The number of aromatic nitrogens is 2. The molecule has 3 amide bonds. The van der Waals surface area contributed by atoms with E-state index in [4.69, 9.17) is 9.47 Å². The molecule has 2 aromatic carbocycles. The van der Waals surface area contributed by atoms with Gasteiger partial charge in [-0.05, 0) is 54.8 Å².